The molecule has 0 amide bonds. The van der Waals surface area contributed by atoms with Crippen LogP contribution in [0.15, 0.2) is 36.7 Å². The van der Waals surface area contributed by atoms with Gasteiger partial charge in [-0.05, 0) is 30.4 Å². The first-order valence-corrected chi connectivity index (χ1v) is 5.98. The van der Waals surface area contributed by atoms with Crippen LogP contribution in [0.2, 0.25) is 10.0 Å². The highest BCUT2D eigenvalue weighted by molar-refractivity contribution is 6.42. The summed E-state index contributed by atoms with van der Waals surface area (Å²) < 4.78 is 1.82. The van der Waals surface area contributed by atoms with Gasteiger partial charge in [-0.2, -0.15) is 0 Å². The molecular weight excluding hydrogens is 271 g/mol. The average molecular weight is 281 g/mol. The second-order valence-electron chi connectivity index (χ2n) is 3.72. The molecule has 1 aromatic heterocycles. The fourth-order valence-electron chi connectivity index (χ4n) is 1.43. The lowest BCUT2D eigenvalue weighted by molar-refractivity contribution is 0.104. The number of allylic oxidation sites excluding steroid dienone is 1. The topological polar surface area (TPSA) is 34.9 Å². The van der Waals surface area contributed by atoms with Gasteiger partial charge in [0.05, 0.1) is 10.0 Å². The Labute approximate surface area is 115 Å². The van der Waals surface area contributed by atoms with E-state index in [0.29, 0.717) is 21.4 Å². The molecule has 0 fully saturated rings. The Bertz CT molecular complexity index is 617. The van der Waals surface area contributed by atoms with E-state index in [4.69, 9.17) is 23.2 Å². The number of hydrogen-bond acceptors (Lipinski definition) is 2. The maximum atomic E-state index is 11.9. The molecule has 0 radical (unpaired) electrons. The van der Waals surface area contributed by atoms with E-state index in [2.05, 4.69) is 4.98 Å². The van der Waals surface area contributed by atoms with Crippen molar-refractivity contribution >= 4 is 35.1 Å². The summed E-state index contributed by atoms with van der Waals surface area (Å²) in [7, 11) is 1.86. The number of aromatic nitrogens is 2. The monoisotopic (exact) mass is 280 g/mol. The molecule has 92 valence electrons. The molecule has 0 atom stereocenters. The van der Waals surface area contributed by atoms with Crippen LogP contribution in [0, 0.1) is 0 Å². The molecule has 0 aliphatic rings. The third kappa shape index (κ3) is 2.81. The van der Waals surface area contributed by atoms with Crippen molar-refractivity contribution in [2.45, 2.75) is 0 Å². The molecule has 1 aromatic carbocycles. The molecule has 0 aliphatic heterocycles. The number of carbonyl (C=O) groups excluding carboxylic acids is 1. The van der Waals surface area contributed by atoms with E-state index in [1.807, 2.05) is 17.8 Å². The first kappa shape index (κ1) is 12.9. The smallest absolute Gasteiger partial charge is 0.186 e. The van der Waals surface area contributed by atoms with E-state index in [9.17, 15) is 4.79 Å². The minimum Gasteiger partial charge on any atom is -0.335 e. The molecule has 2 rings (SSSR count). The van der Waals surface area contributed by atoms with Gasteiger partial charge in [0.25, 0.3) is 0 Å². The molecule has 0 N–H and O–H groups in total. The zero-order chi connectivity index (χ0) is 13.1. The highest BCUT2D eigenvalue weighted by atomic mass is 35.5. The van der Waals surface area contributed by atoms with E-state index in [1.54, 1.807) is 30.5 Å². The molecule has 0 saturated heterocycles. The quantitative estimate of drug-likeness (QED) is 0.636. The summed E-state index contributed by atoms with van der Waals surface area (Å²) >= 11 is 11.6. The Morgan fingerprint density at radius 2 is 2.11 bits per heavy atom. The minimum atomic E-state index is -0.142. The van der Waals surface area contributed by atoms with E-state index >= 15 is 0 Å². The Balaban J connectivity index is 2.20. The number of hydrogen-bond donors (Lipinski definition) is 0. The van der Waals surface area contributed by atoms with Gasteiger partial charge in [-0.3, -0.25) is 4.79 Å². The Morgan fingerprint density at radius 3 is 2.72 bits per heavy atom. The number of imidazole rings is 1. The van der Waals surface area contributed by atoms with Crippen LogP contribution in [-0.4, -0.2) is 15.3 Å². The SMILES string of the molecule is Cn1ccnc1/C=C/C(=O)c1ccc(Cl)c(Cl)c1. The molecule has 0 spiro atoms. The number of aryl methyl sites for hydroxylation is 1. The third-order valence-electron chi connectivity index (χ3n) is 2.45. The number of halogens is 2. The number of carbonyl (C=O) groups is 1. The summed E-state index contributed by atoms with van der Waals surface area (Å²) in [5.74, 6) is 0.569. The lowest BCUT2D eigenvalue weighted by Gasteiger charge is -1.99. The van der Waals surface area contributed by atoms with Crippen molar-refractivity contribution in [2.24, 2.45) is 7.05 Å². The molecule has 0 bridgehead atoms. The van der Waals surface area contributed by atoms with Crippen molar-refractivity contribution in [3.05, 3.63) is 58.1 Å². The molecule has 5 heteroatoms. The first-order valence-electron chi connectivity index (χ1n) is 5.22. The lowest BCUT2D eigenvalue weighted by Crippen LogP contribution is -1.95. The zero-order valence-electron chi connectivity index (χ0n) is 9.60. The predicted molar refractivity (Wildman–Crippen MR) is 73.0 cm³/mol. The molecular formula is C13H10Cl2N2O. The van der Waals surface area contributed by atoms with Crippen LogP contribution in [0.5, 0.6) is 0 Å². The molecule has 1 heterocycles. The highest BCUT2D eigenvalue weighted by Crippen LogP contribution is 2.22. The summed E-state index contributed by atoms with van der Waals surface area (Å²) in [5.41, 5.74) is 0.495. The summed E-state index contributed by atoms with van der Waals surface area (Å²) in [6.45, 7) is 0. The minimum absolute atomic E-state index is 0.142. The van der Waals surface area contributed by atoms with Gasteiger partial charge in [0, 0.05) is 25.0 Å². The Morgan fingerprint density at radius 1 is 1.33 bits per heavy atom. The van der Waals surface area contributed by atoms with Crippen molar-refractivity contribution < 1.29 is 4.79 Å². The maximum absolute atomic E-state index is 11.9. The normalized spacial score (nSPS) is 11.1. The first-order chi connectivity index (χ1) is 8.58. The van der Waals surface area contributed by atoms with Gasteiger partial charge < -0.3 is 4.57 Å². The van der Waals surface area contributed by atoms with E-state index in [-0.39, 0.29) is 5.78 Å². The van der Waals surface area contributed by atoms with E-state index in [0.717, 1.165) is 0 Å². The van der Waals surface area contributed by atoms with Crippen molar-refractivity contribution in [3.8, 4) is 0 Å². The largest absolute Gasteiger partial charge is 0.335 e. The lowest BCUT2D eigenvalue weighted by atomic mass is 10.1. The second kappa shape index (κ2) is 5.38. The van der Waals surface area contributed by atoms with Gasteiger partial charge in [-0.25, -0.2) is 4.98 Å². The van der Waals surface area contributed by atoms with Gasteiger partial charge in [0.15, 0.2) is 5.78 Å². The summed E-state index contributed by atoms with van der Waals surface area (Å²) in [6, 6.07) is 4.79. The highest BCUT2D eigenvalue weighted by Gasteiger charge is 2.05. The fourth-order valence-corrected chi connectivity index (χ4v) is 1.73. The number of benzene rings is 1. The van der Waals surface area contributed by atoms with Crippen LogP contribution in [-0.2, 0) is 7.05 Å². The molecule has 18 heavy (non-hydrogen) atoms. The molecule has 0 unspecified atom stereocenters. The van der Waals surface area contributed by atoms with Crippen LogP contribution in [0.1, 0.15) is 16.2 Å². The number of nitrogens with zero attached hydrogens (tertiary/aromatic N) is 2. The van der Waals surface area contributed by atoms with E-state index in [1.165, 1.54) is 6.08 Å². The molecule has 0 saturated carbocycles. The summed E-state index contributed by atoms with van der Waals surface area (Å²) in [6.07, 6.45) is 6.60. The van der Waals surface area contributed by atoms with Gasteiger partial charge >= 0.3 is 0 Å². The third-order valence-corrected chi connectivity index (χ3v) is 3.19. The standard InChI is InChI=1S/C13H10Cl2N2O/c1-17-7-6-16-13(17)5-4-12(18)9-2-3-10(14)11(15)8-9/h2-8H,1H3/b5-4+. The molecule has 0 aliphatic carbocycles. The summed E-state index contributed by atoms with van der Waals surface area (Å²) in [5, 5.41) is 0.800. The van der Waals surface area contributed by atoms with Crippen molar-refractivity contribution in [1.82, 2.24) is 9.55 Å². The summed E-state index contributed by atoms with van der Waals surface area (Å²) in [4.78, 5) is 16.0. The van der Waals surface area contributed by atoms with Crippen LogP contribution in [0.3, 0.4) is 0 Å². The maximum Gasteiger partial charge on any atom is 0.186 e. The van der Waals surface area contributed by atoms with Crippen LogP contribution >= 0.6 is 23.2 Å². The average Bonchev–Trinajstić information content (AvgIpc) is 2.75. The number of rotatable bonds is 3. The Kier molecular flexibility index (Phi) is 3.84. The van der Waals surface area contributed by atoms with Crippen molar-refractivity contribution in [2.75, 3.05) is 0 Å². The van der Waals surface area contributed by atoms with Crippen LogP contribution in [0.25, 0.3) is 6.08 Å². The number of ketones is 1. The van der Waals surface area contributed by atoms with Crippen molar-refractivity contribution in [3.63, 3.8) is 0 Å². The van der Waals surface area contributed by atoms with Gasteiger partial charge in [-0.1, -0.05) is 23.2 Å². The zero-order valence-corrected chi connectivity index (χ0v) is 11.1. The van der Waals surface area contributed by atoms with Gasteiger partial charge in [0.2, 0.25) is 0 Å². The second-order valence-corrected chi connectivity index (χ2v) is 4.54. The molecule has 2 aromatic rings. The van der Waals surface area contributed by atoms with E-state index < -0.39 is 0 Å². The van der Waals surface area contributed by atoms with Gasteiger partial charge in [0.1, 0.15) is 5.82 Å². The predicted octanol–water partition coefficient (Wildman–Crippen LogP) is 3.62. The van der Waals surface area contributed by atoms with Crippen LogP contribution < -0.4 is 0 Å². The fraction of sp³-hybridized carbons (Fsp3) is 0.0769. The Hall–Kier alpha value is -1.58. The van der Waals surface area contributed by atoms with Gasteiger partial charge in [-0.15, -0.1) is 0 Å². The van der Waals surface area contributed by atoms with Crippen molar-refractivity contribution in [1.29, 1.82) is 0 Å². The molecule has 3 nitrogen and oxygen atoms in total. The van der Waals surface area contributed by atoms with Crippen LogP contribution in [0.4, 0.5) is 0 Å².